The van der Waals surface area contributed by atoms with Gasteiger partial charge in [-0.2, -0.15) is 0 Å². The van der Waals surface area contributed by atoms with E-state index < -0.39 is 6.17 Å². The Morgan fingerprint density at radius 3 is 3.13 bits per heavy atom. The van der Waals surface area contributed by atoms with E-state index in [1.807, 2.05) is 6.92 Å². The molecular weight excluding hydrogens is 197 g/mol. The molecule has 1 aliphatic rings. The van der Waals surface area contributed by atoms with Crippen LogP contribution in [0.15, 0.2) is 10.7 Å². The number of rotatable bonds is 3. The minimum Gasteiger partial charge on any atom is -0.361 e. The van der Waals surface area contributed by atoms with Gasteiger partial charge in [-0.1, -0.05) is 5.16 Å². The summed E-state index contributed by atoms with van der Waals surface area (Å²) in [5.41, 5.74) is 6.62. The molecule has 0 aliphatic carbocycles. The number of alkyl halides is 1. The van der Waals surface area contributed by atoms with Crippen LogP contribution in [-0.2, 0) is 6.54 Å². The first-order chi connectivity index (χ1) is 7.20. The third-order valence-corrected chi connectivity index (χ3v) is 2.97. The third-order valence-electron chi connectivity index (χ3n) is 2.97. The maximum Gasteiger partial charge on any atom is 0.138 e. The normalized spacial score (nSPS) is 27.4. The van der Waals surface area contributed by atoms with E-state index in [1.54, 1.807) is 6.20 Å². The molecule has 0 radical (unpaired) electrons. The van der Waals surface area contributed by atoms with Gasteiger partial charge in [-0.25, -0.2) is 4.39 Å². The second kappa shape index (κ2) is 4.28. The van der Waals surface area contributed by atoms with Gasteiger partial charge in [0, 0.05) is 31.2 Å². The Balaban J connectivity index is 2.02. The first-order valence-corrected chi connectivity index (χ1v) is 5.19. The number of hydrogen-bond acceptors (Lipinski definition) is 4. The molecule has 1 saturated heterocycles. The van der Waals surface area contributed by atoms with Gasteiger partial charge in [-0.15, -0.1) is 0 Å². The van der Waals surface area contributed by atoms with Gasteiger partial charge < -0.3 is 10.3 Å². The summed E-state index contributed by atoms with van der Waals surface area (Å²) in [6.45, 7) is 3.51. The minimum absolute atomic E-state index is 0.147. The van der Waals surface area contributed by atoms with Crippen molar-refractivity contribution in [3.8, 4) is 0 Å². The van der Waals surface area contributed by atoms with Crippen LogP contribution in [-0.4, -0.2) is 35.4 Å². The fourth-order valence-corrected chi connectivity index (χ4v) is 2.05. The van der Waals surface area contributed by atoms with Gasteiger partial charge >= 0.3 is 0 Å². The predicted octanol–water partition coefficient (Wildman–Crippen LogP) is 0.854. The van der Waals surface area contributed by atoms with Crippen molar-refractivity contribution in [2.75, 3.05) is 13.1 Å². The summed E-state index contributed by atoms with van der Waals surface area (Å²) < 4.78 is 18.2. The molecule has 0 amide bonds. The van der Waals surface area contributed by atoms with Crippen LogP contribution >= 0.6 is 0 Å². The highest BCUT2D eigenvalue weighted by Gasteiger charge is 2.31. The largest absolute Gasteiger partial charge is 0.361 e. The number of halogens is 1. The molecule has 0 unspecified atom stereocenters. The van der Waals surface area contributed by atoms with Gasteiger partial charge in [0.15, 0.2) is 0 Å². The lowest BCUT2D eigenvalue weighted by atomic mass is 10.2. The fraction of sp³-hybridized carbons (Fsp3) is 0.700. The number of likely N-dealkylation sites (tertiary alicyclic amines) is 1. The van der Waals surface area contributed by atoms with Crippen molar-refractivity contribution in [3.05, 3.63) is 17.5 Å². The zero-order chi connectivity index (χ0) is 10.8. The highest BCUT2D eigenvalue weighted by molar-refractivity contribution is 5.12. The summed E-state index contributed by atoms with van der Waals surface area (Å²) in [6, 6.07) is 0.147. The van der Waals surface area contributed by atoms with Crippen molar-refractivity contribution in [2.45, 2.75) is 32.1 Å². The van der Waals surface area contributed by atoms with Gasteiger partial charge in [-0.05, 0) is 13.3 Å². The third kappa shape index (κ3) is 2.18. The van der Waals surface area contributed by atoms with Crippen LogP contribution in [0.3, 0.4) is 0 Å². The van der Waals surface area contributed by atoms with Crippen LogP contribution in [0.1, 0.15) is 17.7 Å². The summed E-state index contributed by atoms with van der Waals surface area (Å²) in [5, 5.41) is 3.71. The molecule has 0 aromatic carbocycles. The molecule has 2 atom stereocenters. The van der Waals surface area contributed by atoms with E-state index in [9.17, 15) is 4.39 Å². The van der Waals surface area contributed by atoms with E-state index in [1.165, 1.54) is 0 Å². The Kier molecular flexibility index (Phi) is 3.02. The Labute approximate surface area is 88.2 Å². The van der Waals surface area contributed by atoms with Crippen LogP contribution in [0.4, 0.5) is 4.39 Å². The Morgan fingerprint density at radius 2 is 2.53 bits per heavy atom. The topological polar surface area (TPSA) is 55.3 Å². The average Bonchev–Trinajstić information content (AvgIpc) is 2.75. The van der Waals surface area contributed by atoms with E-state index in [0.29, 0.717) is 26.1 Å². The van der Waals surface area contributed by atoms with Gasteiger partial charge in [-0.3, -0.25) is 4.90 Å². The van der Waals surface area contributed by atoms with E-state index in [2.05, 4.69) is 10.1 Å². The summed E-state index contributed by atoms with van der Waals surface area (Å²) >= 11 is 0. The van der Waals surface area contributed by atoms with Crippen molar-refractivity contribution in [1.29, 1.82) is 0 Å². The second-order valence-electron chi connectivity index (χ2n) is 4.06. The zero-order valence-electron chi connectivity index (χ0n) is 8.82. The summed E-state index contributed by atoms with van der Waals surface area (Å²) in [6.07, 6.45) is 1.48. The predicted molar refractivity (Wildman–Crippen MR) is 54.0 cm³/mol. The van der Waals surface area contributed by atoms with Crippen molar-refractivity contribution < 1.29 is 8.91 Å². The molecule has 0 saturated carbocycles. The minimum atomic E-state index is -0.751. The van der Waals surface area contributed by atoms with E-state index in [0.717, 1.165) is 11.3 Å². The first kappa shape index (κ1) is 10.6. The standard InChI is InChI=1S/C10H16FN3O/c1-7-8(4-13-15-7)5-14-6-9(11)2-10(14)3-12/h4,9-10H,2-3,5-6,12H2,1H3/t9-,10-/m0/s1. The lowest BCUT2D eigenvalue weighted by Gasteiger charge is -2.21. The molecule has 1 fully saturated rings. The Hall–Kier alpha value is -0.940. The van der Waals surface area contributed by atoms with Crippen molar-refractivity contribution in [2.24, 2.45) is 5.73 Å². The van der Waals surface area contributed by atoms with Gasteiger partial charge in [0.2, 0.25) is 0 Å². The average molecular weight is 213 g/mol. The van der Waals surface area contributed by atoms with Crippen LogP contribution in [0.2, 0.25) is 0 Å². The molecular formula is C10H16FN3O. The van der Waals surface area contributed by atoms with Crippen molar-refractivity contribution >= 4 is 0 Å². The molecule has 2 rings (SSSR count). The van der Waals surface area contributed by atoms with Crippen LogP contribution in [0, 0.1) is 6.92 Å². The van der Waals surface area contributed by atoms with Gasteiger partial charge in [0.05, 0.1) is 6.20 Å². The van der Waals surface area contributed by atoms with Crippen LogP contribution in [0.5, 0.6) is 0 Å². The molecule has 1 aromatic rings. The maximum atomic E-state index is 13.2. The molecule has 2 heterocycles. The SMILES string of the molecule is Cc1oncc1CN1C[C@@H](F)C[C@H]1CN. The molecule has 0 spiro atoms. The number of aryl methyl sites for hydroxylation is 1. The number of nitrogens with zero attached hydrogens (tertiary/aromatic N) is 2. The van der Waals surface area contributed by atoms with E-state index in [-0.39, 0.29) is 6.04 Å². The number of hydrogen-bond donors (Lipinski definition) is 1. The molecule has 5 heteroatoms. The Morgan fingerprint density at radius 1 is 1.73 bits per heavy atom. The zero-order valence-corrected chi connectivity index (χ0v) is 8.82. The van der Waals surface area contributed by atoms with Crippen molar-refractivity contribution in [1.82, 2.24) is 10.1 Å². The van der Waals surface area contributed by atoms with Crippen molar-refractivity contribution in [3.63, 3.8) is 0 Å². The summed E-state index contributed by atoms with van der Waals surface area (Å²) in [4.78, 5) is 2.06. The quantitative estimate of drug-likeness (QED) is 0.809. The Bertz CT molecular complexity index is 328. The molecule has 1 aliphatic heterocycles. The van der Waals surface area contributed by atoms with E-state index >= 15 is 0 Å². The summed E-state index contributed by atoms with van der Waals surface area (Å²) in [7, 11) is 0. The highest BCUT2D eigenvalue weighted by atomic mass is 19.1. The molecule has 0 bridgehead atoms. The monoisotopic (exact) mass is 213 g/mol. The second-order valence-corrected chi connectivity index (χ2v) is 4.06. The first-order valence-electron chi connectivity index (χ1n) is 5.19. The lowest BCUT2D eigenvalue weighted by molar-refractivity contribution is 0.237. The van der Waals surface area contributed by atoms with Crippen LogP contribution in [0.25, 0.3) is 0 Å². The molecule has 1 aromatic heterocycles. The fourth-order valence-electron chi connectivity index (χ4n) is 2.05. The maximum absolute atomic E-state index is 13.2. The highest BCUT2D eigenvalue weighted by Crippen LogP contribution is 2.22. The molecule has 2 N–H and O–H groups in total. The number of aromatic nitrogens is 1. The van der Waals surface area contributed by atoms with Crippen LogP contribution < -0.4 is 5.73 Å². The molecule has 84 valence electrons. The summed E-state index contributed by atoms with van der Waals surface area (Å²) in [5.74, 6) is 0.799. The van der Waals surface area contributed by atoms with E-state index in [4.69, 9.17) is 10.3 Å². The number of nitrogens with two attached hydrogens (primary N) is 1. The molecule has 4 nitrogen and oxygen atoms in total. The van der Waals surface area contributed by atoms with Gasteiger partial charge in [0.25, 0.3) is 0 Å². The lowest BCUT2D eigenvalue weighted by Crippen LogP contribution is -2.34. The van der Waals surface area contributed by atoms with Gasteiger partial charge in [0.1, 0.15) is 11.9 Å². The molecule has 15 heavy (non-hydrogen) atoms. The smallest absolute Gasteiger partial charge is 0.138 e.